The molecule has 49 heavy (non-hydrogen) atoms. The predicted octanol–water partition coefficient (Wildman–Crippen LogP) is 11.8. The van der Waals surface area contributed by atoms with E-state index in [0.29, 0.717) is 0 Å². The van der Waals surface area contributed by atoms with Gasteiger partial charge < -0.3 is 4.74 Å². The molecule has 5 nitrogen and oxygen atoms in total. The zero-order valence-electron chi connectivity index (χ0n) is 29.4. The molecule has 0 N–H and O–H groups in total. The highest BCUT2D eigenvalue weighted by atomic mass is 16.5. The highest BCUT2D eigenvalue weighted by Gasteiger charge is 2.17. The van der Waals surface area contributed by atoms with E-state index in [4.69, 9.17) is 14.8 Å². The molecule has 0 fully saturated rings. The van der Waals surface area contributed by atoms with Gasteiger partial charge in [0, 0.05) is 40.4 Å². The maximum absolute atomic E-state index is 6.59. The summed E-state index contributed by atoms with van der Waals surface area (Å²) in [5.74, 6) is 3.24. The van der Waals surface area contributed by atoms with Crippen LogP contribution in [0.5, 0.6) is 11.5 Å². The summed E-state index contributed by atoms with van der Waals surface area (Å²) in [6, 6.07) is 36.4. The first-order valence-electron chi connectivity index (χ1n) is 17.8. The molecule has 0 aliphatic carbocycles. The van der Waals surface area contributed by atoms with Gasteiger partial charge in [0.2, 0.25) is 0 Å². The van der Waals surface area contributed by atoms with E-state index >= 15 is 0 Å². The normalized spacial score (nSPS) is 11.6. The Morgan fingerprint density at radius 3 is 2.35 bits per heavy atom. The van der Waals surface area contributed by atoms with Crippen molar-refractivity contribution in [1.29, 1.82) is 0 Å². The van der Waals surface area contributed by atoms with Gasteiger partial charge in [-0.1, -0.05) is 82.5 Å². The van der Waals surface area contributed by atoms with Crippen molar-refractivity contribution in [3.63, 3.8) is 0 Å². The molecule has 0 bridgehead atoms. The fourth-order valence-electron chi connectivity index (χ4n) is 7.15. The number of pyridine rings is 1. The van der Waals surface area contributed by atoms with Crippen LogP contribution in [0.4, 0.5) is 0 Å². The van der Waals surface area contributed by atoms with Gasteiger partial charge in [0.1, 0.15) is 17.3 Å². The number of aryl methyl sites for hydroxylation is 3. The number of aromatic nitrogens is 4. The van der Waals surface area contributed by atoms with Crippen LogP contribution in [-0.2, 0) is 12.8 Å². The lowest BCUT2D eigenvalue weighted by Crippen LogP contribution is -2.00. The van der Waals surface area contributed by atoms with E-state index in [9.17, 15) is 0 Å². The largest absolute Gasteiger partial charge is 0.457 e. The predicted molar refractivity (Wildman–Crippen MR) is 204 cm³/mol. The summed E-state index contributed by atoms with van der Waals surface area (Å²) in [6.45, 7) is 11.0. The minimum Gasteiger partial charge on any atom is -0.457 e. The Labute approximate surface area is 290 Å². The zero-order valence-corrected chi connectivity index (χ0v) is 29.4. The van der Waals surface area contributed by atoms with E-state index in [1.54, 1.807) is 0 Å². The second-order valence-corrected chi connectivity index (χ2v) is 13.7. The third kappa shape index (κ3) is 6.76. The zero-order chi connectivity index (χ0) is 33.9. The van der Waals surface area contributed by atoms with E-state index in [2.05, 4.69) is 124 Å². The summed E-state index contributed by atoms with van der Waals surface area (Å²) in [7, 11) is 0. The van der Waals surface area contributed by atoms with Crippen LogP contribution in [0.25, 0.3) is 44.4 Å². The van der Waals surface area contributed by atoms with Gasteiger partial charge in [-0.15, -0.1) is 0 Å². The molecule has 0 radical (unpaired) electrons. The van der Waals surface area contributed by atoms with Crippen molar-refractivity contribution in [1.82, 2.24) is 19.3 Å². The van der Waals surface area contributed by atoms with Crippen LogP contribution in [0.15, 0.2) is 109 Å². The van der Waals surface area contributed by atoms with Crippen molar-refractivity contribution in [2.24, 2.45) is 5.92 Å². The Morgan fingerprint density at radius 1 is 0.714 bits per heavy atom. The average Bonchev–Trinajstić information content (AvgIpc) is 3.59. The molecule has 4 aromatic carbocycles. The smallest absolute Gasteiger partial charge is 0.137 e. The third-order valence-corrected chi connectivity index (χ3v) is 9.53. The number of unbranched alkanes of at least 4 members (excludes halogenated alkanes) is 1. The van der Waals surface area contributed by atoms with E-state index in [1.165, 1.54) is 57.8 Å². The number of fused-ring (bicyclic) bond motifs is 3. The minimum absolute atomic E-state index is 0.752. The summed E-state index contributed by atoms with van der Waals surface area (Å²) < 4.78 is 10.9. The molecule has 0 saturated heterocycles. The molecule has 3 heterocycles. The van der Waals surface area contributed by atoms with Crippen LogP contribution in [0, 0.1) is 19.8 Å². The second kappa shape index (κ2) is 14.1. The molecular weight excluding hydrogens is 601 g/mol. The fraction of sp³-hybridized carbons (Fsp3) is 0.273. The monoisotopic (exact) mass is 646 g/mol. The quantitative estimate of drug-likeness (QED) is 0.124. The van der Waals surface area contributed by atoms with E-state index in [0.717, 1.165) is 65.1 Å². The van der Waals surface area contributed by atoms with Crippen LogP contribution < -0.4 is 4.74 Å². The minimum atomic E-state index is 0.752. The van der Waals surface area contributed by atoms with Crippen molar-refractivity contribution in [2.75, 3.05) is 0 Å². The summed E-state index contributed by atoms with van der Waals surface area (Å²) in [6.07, 6.45) is 8.92. The molecular formula is C44H46N4O. The Morgan fingerprint density at radius 2 is 1.53 bits per heavy atom. The summed E-state index contributed by atoms with van der Waals surface area (Å²) in [5, 5.41) is 7.39. The summed E-state index contributed by atoms with van der Waals surface area (Å²) in [4.78, 5) is 4.87. The van der Waals surface area contributed by atoms with Gasteiger partial charge in [0.25, 0.3) is 0 Å². The van der Waals surface area contributed by atoms with E-state index in [-0.39, 0.29) is 0 Å². The van der Waals surface area contributed by atoms with Crippen molar-refractivity contribution in [3.8, 4) is 34.1 Å². The lowest BCUT2D eigenvalue weighted by molar-refractivity contribution is 0.482. The van der Waals surface area contributed by atoms with Crippen molar-refractivity contribution in [3.05, 3.63) is 132 Å². The van der Waals surface area contributed by atoms with Gasteiger partial charge in [-0.05, 0) is 104 Å². The maximum atomic E-state index is 6.59. The van der Waals surface area contributed by atoms with Gasteiger partial charge in [0.15, 0.2) is 0 Å². The molecule has 7 aromatic rings. The van der Waals surface area contributed by atoms with Gasteiger partial charge >= 0.3 is 0 Å². The van der Waals surface area contributed by atoms with Crippen LogP contribution in [0.2, 0.25) is 0 Å². The number of nitrogens with zero attached hydrogens (tertiary/aromatic N) is 4. The standard InChI is InChI=1S/C44H46N4O/c1-6-13-33-24-25-45-43(27-33)47-41-23-20-34(15-11-10-14-30(2)3)26-40(41)39-22-21-38(29-42(39)47)49-37-19-12-18-36(28-37)48-32(5)44(31(4)46-48)35-16-8-7-9-17-35/h7-9,12,16-30H,6,10-11,13-15H2,1-5H3. The SMILES string of the molecule is CCCc1ccnc(-n2c3ccc(CCCCC(C)C)cc3c3ccc(Oc4cccc(-n5nc(C)c(-c6ccccc6)c5C)c4)cc32)c1. The van der Waals surface area contributed by atoms with Gasteiger partial charge in [0.05, 0.1) is 22.4 Å². The van der Waals surface area contributed by atoms with Crippen molar-refractivity contribution in [2.45, 2.75) is 73.1 Å². The number of ether oxygens (including phenoxy) is 1. The van der Waals surface area contributed by atoms with Crippen molar-refractivity contribution < 1.29 is 4.74 Å². The molecule has 0 aliphatic rings. The van der Waals surface area contributed by atoms with Crippen LogP contribution in [-0.4, -0.2) is 19.3 Å². The Bertz CT molecular complexity index is 2220. The van der Waals surface area contributed by atoms with Crippen LogP contribution >= 0.6 is 0 Å². The lowest BCUT2D eigenvalue weighted by atomic mass is 10.0. The van der Waals surface area contributed by atoms with Crippen molar-refractivity contribution >= 4 is 21.8 Å². The molecule has 3 aromatic heterocycles. The highest BCUT2D eigenvalue weighted by molar-refractivity contribution is 6.09. The highest BCUT2D eigenvalue weighted by Crippen LogP contribution is 2.37. The molecule has 5 heteroatoms. The third-order valence-electron chi connectivity index (χ3n) is 9.53. The molecule has 7 rings (SSSR count). The average molecular weight is 647 g/mol. The first-order valence-corrected chi connectivity index (χ1v) is 17.8. The Hall–Kier alpha value is -5.16. The summed E-state index contributed by atoms with van der Waals surface area (Å²) >= 11 is 0. The Balaban J connectivity index is 1.26. The molecule has 0 amide bonds. The topological polar surface area (TPSA) is 44.9 Å². The lowest BCUT2D eigenvalue weighted by Gasteiger charge is -2.11. The molecule has 0 unspecified atom stereocenters. The number of rotatable bonds is 12. The molecule has 0 spiro atoms. The van der Waals surface area contributed by atoms with Gasteiger partial charge in [-0.25, -0.2) is 9.67 Å². The van der Waals surface area contributed by atoms with E-state index < -0.39 is 0 Å². The molecule has 0 saturated carbocycles. The molecule has 248 valence electrons. The van der Waals surface area contributed by atoms with Crippen LogP contribution in [0.1, 0.15) is 69.0 Å². The molecule has 0 atom stereocenters. The van der Waals surface area contributed by atoms with Gasteiger partial charge in [-0.2, -0.15) is 5.10 Å². The maximum Gasteiger partial charge on any atom is 0.137 e. The number of hydrogen-bond acceptors (Lipinski definition) is 3. The second-order valence-electron chi connectivity index (χ2n) is 13.7. The van der Waals surface area contributed by atoms with Gasteiger partial charge in [-0.3, -0.25) is 4.57 Å². The first kappa shape index (κ1) is 32.4. The summed E-state index contributed by atoms with van der Waals surface area (Å²) in [5.41, 5.74) is 10.4. The number of benzene rings is 4. The fourth-order valence-corrected chi connectivity index (χ4v) is 7.15. The number of hydrogen-bond donors (Lipinski definition) is 0. The molecule has 0 aliphatic heterocycles. The van der Waals surface area contributed by atoms with E-state index in [1.807, 2.05) is 29.1 Å². The first-order chi connectivity index (χ1) is 23.9. The van der Waals surface area contributed by atoms with Crippen LogP contribution in [0.3, 0.4) is 0 Å². The Kier molecular flexibility index (Phi) is 9.34.